The van der Waals surface area contributed by atoms with Crippen LogP contribution in [0.2, 0.25) is 0 Å². The Labute approximate surface area is 116 Å². The van der Waals surface area contributed by atoms with Crippen molar-refractivity contribution < 1.29 is 4.79 Å². The minimum absolute atomic E-state index is 0.263. The van der Waals surface area contributed by atoms with Crippen LogP contribution in [0.1, 0.15) is 12.6 Å². The van der Waals surface area contributed by atoms with Crippen molar-refractivity contribution in [2.24, 2.45) is 12.8 Å². The van der Waals surface area contributed by atoms with Crippen LogP contribution in [-0.4, -0.2) is 21.3 Å². The normalized spacial score (nSPS) is 12.2. The number of para-hydroxylation sites is 1. The number of rotatable bonds is 3. The van der Waals surface area contributed by atoms with Gasteiger partial charge in [0.1, 0.15) is 5.69 Å². The average Bonchev–Trinajstić information content (AvgIpc) is 2.63. The number of nitrogens with zero attached hydrogens (tertiary/aromatic N) is 2. The van der Waals surface area contributed by atoms with Gasteiger partial charge in [0.2, 0.25) is 5.91 Å². The number of anilines is 1. The van der Waals surface area contributed by atoms with Gasteiger partial charge in [0.25, 0.3) is 5.56 Å². The van der Waals surface area contributed by atoms with Crippen LogP contribution >= 0.6 is 0 Å². The second-order valence-corrected chi connectivity index (χ2v) is 4.71. The Morgan fingerprint density at radius 3 is 2.45 bits per heavy atom. The van der Waals surface area contributed by atoms with Crippen molar-refractivity contribution in [3.05, 3.63) is 46.4 Å². The fourth-order valence-corrected chi connectivity index (χ4v) is 1.95. The van der Waals surface area contributed by atoms with Crippen LogP contribution in [0.15, 0.2) is 35.1 Å². The van der Waals surface area contributed by atoms with Crippen LogP contribution in [0.3, 0.4) is 0 Å². The molecular weight excluding hydrogens is 256 g/mol. The lowest BCUT2D eigenvalue weighted by Crippen LogP contribution is -2.34. The number of carbonyl (C=O) groups excluding carboxylic acids is 1. The summed E-state index contributed by atoms with van der Waals surface area (Å²) in [7, 11) is 1.77. The Bertz CT molecular complexity index is 683. The molecule has 6 nitrogen and oxygen atoms in total. The first-order valence-electron chi connectivity index (χ1n) is 6.34. The molecule has 106 valence electrons. The number of nitrogens with one attached hydrogen (secondary N) is 1. The van der Waals surface area contributed by atoms with Crippen LogP contribution in [0.25, 0.3) is 5.69 Å². The van der Waals surface area contributed by atoms with Crippen molar-refractivity contribution in [3.63, 3.8) is 0 Å². The largest absolute Gasteiger partial charge is 0.320 e. The predicted octanol–water partition coefficient (Wildman–Crippen LogP) is 0.770. The zero-order valence-electron chi connectivity index (χ0n) is 11.8. The van der Waals surface area contributed by atoms with Crippen molar-refractivity contribution in [1.29, 1.82) is 0 Å². The standard InChI is InChI=1S/C14H18N4O2/c1-9(15)13(19)16-12-10(2)17(3)18(14(12)20)11-7-5-4-6-8-11/h4-9H,15H2,1-3H3,(H,16,19). The monoisotopic (exact) mass is 274 g/mol. The summed E-state index contributed by atoms with van der Waals surface area (Å²) in [4.78, 5) is 24.1. The third-order valence-corrected chi connectivity index (χ3v) is 3.22. The third-order valence-electron chi connectivity index (χ3n) is 3.22. The summed E-state index contributed by atoms with van der Waals surface area (Å²) < 4.78 is 3.21. The zero-order valence-corrected chi connectivity index (χ0v) is 11.8. The summed E-state index contributed by atoms with van der Waals surface area (Å²) in [5.74, 6) is -0.379. The molecule has 1 aromatic heterocycles. The van der Waals surface area contributed by atoms with Gasteiger partial charge in [0, 0.05) is 7.05 Å². The number of carbonyl (C=O) groups is 1. The van der Waals surface area contributed by atoms with E-state index in [1.807, 2.05) is 30.3 Å². The molecule has 6 heteroatoms. The molecule has 1 atom stereocenters. The van der Waals surface area contributed by atoms with Crippen LogP contribution in [0, 0.1) is 6.92 Å². The Morgan fingerprint density at radius 2 is 1.90 bits per heavy atom. The molecule has 0 spiro atoms. The minimum atomic E-state index is -0.667. The molecule has 0 aliphatic heterocycles. The molecule has 2 rings (SSSR count). The van der Waals surface area contributed by atoms with E-state index in [1.54, 1.807) is 25.6 Å². The lowest BCUT2D eigenvalue weighted by Gasteiger charge is -2.07. The third kappa shape index (κ3) is 2.37. The maximum atomic E-state index is 12.5. The fourth-order valence-electron chi connectivity index (χ4n) is 1.95. The summed E-state index contributed by atoms with van der Waals surface area (Å²) in [6.45, 7) is 3.35. The summed E-state index contributed by atoms with van der Waals surface area (Å²) in [5.41, 5.74) is 6.92. The second-order valence-electron chi connectivity index (χ2n) is 4.71. The number of hydrogen-bond acceptors (Lipinski definition) is 3. The fraction of sp³-hybridized carbons (Fsp3) is 0.286. The SMILES string of the molecule is Cc1c(NC(=O)C(C)N)c(=O)n(-c2ccccc2)n1C. The first-order valence-corrected chi connectivity index (χ1v) is 6.34. The molecule has 20 heavy (non-hydrogen) atoms. The topological polar surface area (TPSA) is 82.1 Å². The first kappa shape index (κ1) is 14.1. The molecule has 0 radical (unpaired) electrons. The van der Waals surface area contributed by atoms with Gasteiger partial charge >= 0.3 is 0 Å². The number of nitrogens with two attached hydrogens (primary N) is 1. The number of benzene rings is 1. The Balaban J connectivity index is 2.53. The molecule has 0 aliphatic rings. The molecule has 0 aliphatic carbocycles. The first-order chi connectivity index (χ1) is 9.43. The molecule has 2 aromatic rings. The number of aromatic nitrogens is 2. The highest BCUT2D eigenvalue weighted by Gasteiger charge is 2.19. The van der Waals surface area contributed by atoms with Crippen molar-refractivity contribution in [2.45, 2.75) is 19.9 Å². The van der Waals surface area contributed by atoms with E-state index in [4.69, 9.17) is 5.73 Å². The van der Waals surface area contributed by atoms with E-state index in [0.29, 0.717) is 5.69 Å². The molecule has 0 bridgehead atoms. The maximum Gasteiger partial charge on any atom is 0.295 e. The highest BCUT2D eigenvalue weighted by atomic mass is 16.2. The highest BCUT2D eigenvalue weighted by molar-refractivity contribution is 5.94. The molecule has 3 N–H and O–H groups in total. The molecule has 1 aromatic carbocycles. The van der Waals surface area contributed by atoms with Crippen molar-refractivity contribution in [2.75, 3.05) is 5.32 Å². The summed E-state index contributed by atoms with van der Waals surface area (Å²) in [6.07, 6.45) is 0. The van der Waals surface area contributed by atoms with Crippen LogP contribution < -0.4 is 16.6 Å². The van der Waals surface area contributed by atoms with E-state index in [2.05, 4.69) is 5.32 Å². The van der Waals surface area contributed by atoms with Crippen LogP contribution in [0.5, 0.6) is 0 Å². The van der Waals surface area contributed by atoms with E-state index in [1.165, 1.54) is 4.68 Å². The van der Waals surface area contributed by atoms with Crippen LogP contribution in [-0.2, 0) is 11.8 Å². The maximum absolute atomic E-state index is 12.5. The minimum Gasteiger partial charge on any atom is -0.320 e. The van der Waals surface area contributed by atoms with E-state index in [-0.39, 0.29) is 17.2 Å². The summed E-state index contributed by atoms with van der Waals surface area (Å²) >= 11 is 0. The summed E-state index contributed by atoms with van der Waals surface area (Å²) in [6, 6.07) is 8.58. The Hall–Kier alpha value is -2.34. The lowest BCUT2D eigenvalue weighted by atomic mass is 10.3. The van der Waals surface area contributed by atoms with Crippen molar-refractivity contribution in [1.82, 2.24) is 9.36 Å². The van der Waals surface area contributed by atoms with Gasteiger partial charge < -0.3 is 11.1 Å². The van der Waals surface area contributed by atoms with E-state index in [9.17, 15) is 9.59 Å². The van der Waals surface area contributed by atoms with Gasteiger partial charge in [-0.25, -0.2) is 4.68 Å². The molecule has 1 heterocycles. The van der Waals surface area contributed by atoms with Crippen molar-refractivity contribution in [3.8, 4) is 5.69 Å². The van der Waals surface area contributed by atoms with Gasteiger partial charge in [-0.3, -0.25) is 14.3 Å². The second kappa shape index (κ2) is 5.34. The quantitative estimate of drug-likeness (QED) is 0.867. The molecule has 0 saturated heterocycles. The van der Waals surface area contributed by atoms with E-state index in [0.717, 1.165) is 5.69 Å². The number of hydrogen-bond donors (Lipinski definition) is 2. The van der Waals surface area contributed by atoms with Gasteiger partial charge in [-0.15, -0.1) is 0 Å². The van der Waals surface area contributed by atoms with E-state index < -0.39 is 6.04 Å². The molecular formula is C14H18N4O2. The van der Waals surface area contributed by atoms with Gasteiger partial charge in [-0.1, -0.05) is 18.2 Å². The Kier molecular flexibility index (Phi) is 3.76. The molecule has 1 amide bonds. The zero-order chi connectivity index (χ0) is 14.9. The van der Waals surface area contributed by atoms with Gasteiger partial charge in [0.15, 0.2) is 0 Å². The van der Waals surface area contributed by atoms with Crippen molar-refractivity contribution >= 4 is 11.6 Å². The van der Waals surface area contributed by atoms with Crippen LogP contribution in [0.4, 0.5) is 5.69 Å². The van der Waals surface area contributed by atoms with Gasteiger partial charge in [-0.05, 0) is 26.0 Å². The molecule has 1 unspecified atom stereocenters. The Morgan fingerprint density at radius 1 is 1.30 bits per heavy atom. The van der Waals surface area contributed by atoms with Gasteiger partial charge in [-0.2, -0.15) is 0 Å². The van der Waals surface area contributed by atoms with Gasteiger partial charge in [0.05, 0.1) is 17.4 Å². The molecule has 0 saturated carbocycles. The average molecular weight is 274 g/mol. The highest BCUT2D eigenvalue weighted by Crippen LogP contribution is 2.13. The smallest absolute Gasteiger partial charge is 0.295 e. The van der Waals surface area contributed by atoms with E-state index >= 15 is 0 Å². The number of amides is 1. The summed E-state index contributed by atoms with van der Waals surface area (Å²) in [5, 5.41) is 2.59. The molecule has 0 fully saturated rings. The predicted molar refractivity (Wildman–Crippen MR) is 78.0 cm³/mol. The lowest BCUT2D eigenvalue weighted by molar-refractivity contribution is -0.117.